The van der Waals surface area contributed by atoms with Crippen LogP contribution in [0, 0.1) is 0 Å². The predicted octanol–water partition coefficient (Wildman–Crippen LogP) is 4.86. The highest BCUT2D eigenvalue weighted by atomic mass is 16.5. The molecule has 0 unspecified atom stereocenters. The number of hydrogen-bond donors (Lipinski definition) is 0. The van der Waals surface area contributed by atoms with Crippen molar-refractivity contribution in [3.63, 3.8) is 0 Å². The summed E-state index contributed by atoms with van der Waals surface area (Å²) >= 11 is 0. The minimum atomic E-state index is 0.269. The van der Waals surface area contributed by atoms with Crippen LogP contribution in [-0.4, -0.2) is 28.7 Å². The van der Waals surface area contributed by atoms with Crippen LogP contribution in [0.25, 0.3) is 11.3 Å². The van der Waals surface area contributed by atoms with Crippen LogP contribution in [0.15, 0.2) is 59.3 Å². The molecule has 1 aliphatic rings. The highest BCUT2D eigenvalue weighted by molar-refractivity contribution is 5.58. The van der Waals surface area contributed by atoms with Gasteiger partial charge in [0.2, 0.25) is 0 Å². The minimum Gasteiger partial charge on any atom is -0.497 e. The van der Waals surface area contributed by atoms with Gasteiger partial charge in [0.15, 0.2) is 5.76 Å². The van der Waals surface area contributed by atoms with Crippen molar-refractivity contribution >= 4 is 0 Å². The topological polar surface area (TPSA) is 51.4 Å². The normalized spacial score (nSPS) is 18.2. The van der Waals surface area contributed by atoms with Gasteiger partial charge in [-0.05, 0) is 55.8 Å². The first-order chi connectivity index (χ1) is 13.3. The Bertz CT molecular complexity index is 846. The molecule has 0 amide bonds. The van der Waals surface area contributed by atoms with E-state index in [4.69, 9.17) is 9.26 Å². The van der Waals surface area contributed by atoms with Crippen molar-refractivity contribution in [1.29, 1.82) is 0 Å². The van der Waals surface area contributed by atoms with Gasteiger partial charge < -0.3 is 9.26 Å². The summed E-state index contributed by atoms with van der Waals surface area (Å²) in [6, 6.07) is 16.3. The molecule has 0 spiro atoms. The monoisotopic (exact) mass is 363 g/mol. The van der Waals surface area contributed by atoms with E-state index < -0.39 is 0 Å². The molecule has 2 aromatic heterocycles. The van der Waals surface area contributed by atoms with E-state index in [1.54, 1.807) is 7.11 Å². The van der Waals surface area contributed by atoms with Gasteiger partial charge in [-0.2, -0.15) is 0 Å². The molecular formula is C22H25N3O2. The van der Waals surface area contributed by atoms with Gasteiger partial charge in [-0.25, -0.2) is 0 Å². The largest absolute Gasteiger partial charge is 0.497 e. The van der Waals surface area contributed by atoms with E-state index in [9.17, 15) is 0 Å². The van der Waals surface area contributed by atoms with Crippen molar-refractivity contribution in [2.75, 3.05) is 13.7 Å². The van der Waals surface area contributed by atoms with E-state index in [0.29, 0.717) is 0 Å². The molecule has 0 N–H and O–H groups in total. The quantitative estimate of drug-likeness (QED) is 0.648. The Morgan fingerprint density at radius 2 is 2.00 bits per heavy atom. The van der Waals surface area contributed by atoms with Crippen LogP contribution >= 0.6 is 0 Å². The number of hydrogen-bond acceptors (Lipinski definition) is 5. The molecule has 0 radical (unpaired) electrons. The molecule has 27 heavy (non-hydrogen) atoms. The smallest absolute Gasteiger partial charge is 0.167 e. The summed E-state index contributed by atoms with van der Waals surface area (Å²) < 4.78 is 10.9. The third-order valence-corrected chi connectivity index (χ3v) is 5.20. The first-order valence-electron chi connectivity index (χ1n) is 9.58. The fraction of sp³-hybridized carbons (Fsp3) is 0.364. The van der Waals surface area contributed by atoms with Crippen LogP contribution in [0.2, 0.25) is 0 Å². The molecule has 4 rings (SSSR count). The minimum absolute atomic E-state index is 0.269. The molecule has 1 fully saturated rings. The first kappa shape index (κ1) is 17.7. The molecule has 1 atom stereocenters. The molecular weight excluding hydrogens is 338 g/mol. The SMILES string of the molecule is COc1ccc(-c2cc([C@@H]3CCCCCN3Cc3ccccn3)no2)cc1. The number of likely N-dealkylation sites (tertiary alicyclic amines) is 1. The van der Waals surface area contributed by atoms with E-state index in [2.05, 4.69) is 27.2 Å². The summed E-state index contributed by atoms with van der Waals surface area (Å²) in [4.78, 5) is 6.99. The van der Waals surface area contributed by atoms with Crippen molar-refractivity contribution in [2.24, 2.45) is 0 Å². The zero-order valence-corrected chi connectivity index (χ0v) is 15.7. The second kappa shape index (κ2) is 8.35. The van der Waals surface area contributed by atoms with Crippen LogP contribution < -0.4 is 4.74 Å². The number of ether oxygens (including phenoxy) is 1. The summed E-state index contributed by atoms with van der Waals surface area (Å²) in [5.74, 6) is 1.64. The fourth-order valence-corrected chi connectivity index (χ4v) is 3.73. The first-order valence-corrected chi connectivity index (χ1v) is 9.58. The molecule has 0 aliphatic carbocycles. The lowest BCUT2D eigenvalue weighted by Crippen LogP contribution is -2.28. The van der Waals surface area contributed by atoms with Crippen LogP contribution in [-0.2, 0) is 6.54 Å². The van der Waals surface area contributed by atoms with Gasteiger partial charge in [-0.15, -0.1) is 0 Å². The Kier molecular flexibility index (Phi) is 5.49. The molecule has 5 heteroatoms. The maximum absolute atomic E-state index is 5.68. The van der Waals surface area contributed by atoms with Crippen molar-refractivity contribution in [3.05, 3.63) is 66.1 Å². The van der Waals surface area contributed by atoms with Gasteiger partial charge in [-0.1, -0.05) is 24.1 Å². The zero-order valence-electron chi connectivity index (χ0n) is 15.7. The third-order valence-electron chi connectivity index (χ3n) is 5.20. The van der Waals surface area contributed by atoms with Gasteiger partial charge in [0.05, 0.1) is 18.8 Å². The molecule has 3 aromatic rings. The summed E-state index contributed by atoms with van der Waals surface area (Å²) in [7, 11) is 1.67. The van der Waals surface area contributed by atoms with Crippen molar-refractivity contribution < 1.29 is 9.26 Å². The zero-order chi connectivity index (χ0) is 18.5. The highest BCUT2D eigenvalue weighted by Crippen LogP contribution is 2.33. The number of benzene rings is 1. The van der Waals surface area contributed by atoms with E-state index in [1.807, 2.05) is 42.6 Å². The van der Waals surface area contributed by atoms with Crippen LogP contribution in [0.3, 0.4) is 0 Å². The summed E-state index contributed by atoms with van der Waals surface area (Å²) in [6.07, 6.45) is 6.65. The fourth-order valence-electron chi connectivity index (χ4n) is 3.73. The number of pyridine rings is 1. The maximum Gasteiger partial charge on any atom is 0.167 e. The lowest BCUT2D eigenvalue weighted by Gasteiger charge is -2.27. The lowest BCUT2D eigenvalue weighted by atomic mass is 10.0. The average molecular weight is 363 g/mol. The Balaban J connectivity index is 1.56. The standard InChI is InChI=1S/C22H25N3O2/c1-26-19-11-9-17(10-12-19)22-15-20(24-27-22)21-8-3-2-6-14-25(21)16-18-7-4-5-13-23-18/h4-5,7,9-13,15,21H,2-3,6,8,14,16H2,1H3/t21-/m0/s1. The van der Waals surface area contributed by atoms with E-state index in [1.165, 1.54) is 19.3 Å². The van der Waals surface area contributed by atoms with Crippen molar-refractivity contribution in [1.82, 2.24) is 15.0 Å². The van der Waals surface area contributed by atoms with Gasteiger partial charge in [0.1, 0.15) is 11.4 Å². The van der Waals surface area contributed by atoms with E-state index >= 15 is 0 Å². The number of aromatic nitrogens is 2. The molecule has 3 heterocycles. The van der Waals surface area contributed by atoms with Crippen LogP contribution in [0.5, 0.6) is 5.75 Å². The molecule has 5 nitrogen and oxygen atoms in total. The van der Waals surface area contributed by atoms with Gasteiger partial charge in [0.25, 0.3) is 0 Å². The Morgan fingerprint density at radius 1 is 1.11 bits per heavy atom. The molecule has 0 saturated carbocycles. The van der Waals surface area contributed by atoms with Crippen molar-refractivity contribution in [3.8, 4) is 17.1 Å². The number of nitrogens with zero attached hydrogens (tertiary/aromatic N) is 3. The molecule has 1 aliphatic heterocycles. The summed E-state index contributed by atoms with van der Waals surface area (Å²) in [5, 5.41) is 4.42. The Labute approximate surface area is 160 Å². The second-order valence-corrected chi connectivity index (χ2v) is 7.00. The molecule has 140 valence electrons. The summed E-state index contributed by atoms with van der Waals surface area (Å²) in [5.41, 5.74) is 3.13. The van der Waals surface area contributed by atoms with Gasteiger partial charge >= 0.3 is 0 Å². The van der Waals surface area contributed by atoms with Crippen LogP contribution in [0.4, 0.5) is 0 Å². The molecule has 1 aromatic carbocycles. The van der Waals surface area contributed by atoms with E-state index in [-0.39, 0.29) is 6.04 Å². The molecule has 1 saturated heterocycles. The number of methoxy groups -OCH3 is 1. The van der Waals surface area contributed by atoms with Crippen LogP contribution in [0.1, 0.15) is 43.1 Å². The predicted molar refractivity (Wildman–Crippen MR) is 104 cm³/mol. The summed E-state index contributed by atoms with van der Waals surface area (Å²) in [6.45, 7) is 1.90. The highest BCUT2D eigenvalue weighted by Gasteiger charge is 2.26. The van der Waals surface area contributed by atoms with E-state index in [0.717, 1.165) is 48.0 Å². The Morgan fingerprint density at radius 3 is 2.78 bits per heavy atom. The van der Waals surface area contributed by atoms with Gasteiger partial charge in [-0.3, -0.25) is 9.88 Å². The molecule has 0 bridgehead atoms. The lowest BCUT2D eigenvalue weighted by molar-refractivity contribution is 0.182. The third kappa shape index (κ3) is 4.19. The second-order valence-electron chi connectivity index (χ2n) is 7.00. The average Bonchev–Trinajstić information content (AvgIpc) is 3.10. The number of rotatable bonds is 5. The van der Waals surface area contributed by atoms with Gasteiger partial charge in [0, 0.05) is 24.4 Å². The van der Waals surface area contributed by atoms with Crippen molar-refractivity contribution in [2.45, 2.75) is 38.3 Å². The maximum atomic E-state index is 5.68. The Hall–Kier alpha value is -2.66.